The monoisotopic (exact) mass is 282 g/mol. The molecule has 0 bridgehead atoms. The van der Waals surface area contributed by atoms with Gasteiger partial charge >= 0.3 is 0 Å². The zero-order chi connectivity index (χ0) is 14.3. The largest absolute Gasteiger partial charge is 0.341 e. The summed E-state index contributed by atoms with van der Waals surface area (Å²) < 4.78 is 1.99. The minimum Gasteiger partial charge on any atom is -0.341 e. The fourth-order valence-corrected chi connectivity index (χ4v) is 2.77. The standard InChI is InChI=1S/C15H11ClN4/c1-9-11-5-3-4-10(8-17)14(11)20(2)13(9)12-6-7-18-15(16)19-12/h3-7H,1-2H3. The highest BCUT2D eigenvalue weighted by Crippen LogP contribution is 2.33. The van der Waals surface area contributed by atoms with Crippen molar-refractivity contribution < 1.29 is 0 Å². The molecule has 2 heterocycles. The van der Waals surface area contributed by atoms with Gasteiger partial charge < -0.3 is 4.57 Å². The van der Waals surface area contributed by atoms with Crippen LogP contribution in [0.3, 0.4) is 0 Å². The van der Waals surface area contributed by atoms with Crippen molar-refractivity contribution >= 4 is 22.5 Å². The van der Waals surface area contributed by atoms with Crippen LogP contribution in [0.1, 0.15) is 11.1 Å². The number of nitriles is 1. The van der Waals surface area contributed by atoms with Gasteiger partial charge in [0.05, 0.1) is 22.5 Å². The van der Waals surface area contributed by atoms with E-state index in [1.807, 2.05) is 42.8 Å². The maximum absolute atomic E-state index is 9.26. The third kappa shape index (κ3) is 1.75. The molecule has 98 valence electrons. The van der Waals surface area contributed by atoms with Crippen LogP contribution in [0, 0.1) is 18.3 Å². The van der Waals surface area contributed by atoms with Crippen LogP contribution in [-0.4, -0.2) is 14.5 Å². The molecule has 0 amide bonds. The van der Waals surface area contributed by atoms with Gasteiger partial charge in [0.2, 0.25) is 5.28 Å². The number of rotatable bonds is 1. The molecule has 3 rings (SSSR count). The Hall–Kier alpha value is -2.38. The summed E-state index contributed by atoms with van der Waals surface area (Å²) in [6.45, 7) is 2.02. The Morgan fingerprint density at radius 3 is 2.80 bits per heavy atom. The predicted molar refractivity (Wildman–Crippen MR) is 78.4 cm³/mol. The molecule has 3 aromatic rings. The number of aromatic nitrogens is 3. The van der Waals surface area contributed by atoms with E-state index in [1.165, 1.54) is 0 Å². The zero-order valence-electron chi connectivity index (χ0n) is 11.1. The molecular weight excluding hydrogens is 272 g/mol. The molecule has 0 saturated carbocycles. The van der Waals surface area contributed by atoms with Gasteiger partial charge in [-0.05, 0) is 36.2 Å². The molecule has 0 spiro atoms. The Kier molecular flexibility index (Phi) is 2.92. The summed E-state index contributed by atoms with van der Waals surface area (Å²) in [4.78, 5) is 8.17. The molecule has 0 aliphatic heterocycles. The summed E-state index contributed by atoms with van der Waals surface area (Å²) >= 11 is 5.87. The lowest BCUT2D eigenvalue weighted by atomic mass is 10.1. The summed E-state index contributed by atoms with van der Waals surface area (Å²) in [6.07, 6.45) is 1.63. The summed E-state index contributed by atoms with van der Waals surface area (Å²) in [6, 6.07) is 9.78. The molecule has 0 radical (unpaired) electrons. The molecule has 0 aliphatic carbocycles. The maximum atomic E-state index is 9.26. The summed E-state index contributed by atoms with van der Waals surface area (Å²) in [5.41, 5.74) is 4.35. The minimum atomic E-state index is 0.215. The lowest BCUT2D eigenvalue weighted by molar-refractivity contribution is 0.960. The second-order valence-corrected chi connectivity index (χ2v) is 4.90. The highest BCUT2D eigenvalue weighted by Gasteiger charge is 2.17. The molecule has 0 saturated heterocycles. The van der Waals surface area contributed by atoms with Crippen molar-refractivity contribution in [1.82, 2.24) is 14.5 Å². The Morgan fingerprint density at radius 1 is 1.30 bits per heavy atom. The first-order valence-corrected chi connectivity index (χ1v) is 6.48. The molecule has 0 atom stereocenters. The molecule has 0 aliphatic rings. The molecule has 20 heavy (non-hydrogen) atoms. The third-order valence-corrected chi connectivity index (χ3v) is 3.64. The van der Waals surface area contributed by atoms with Crippen LogP contribution in [0.2, 0.25) is 5.28 Å². The van der Waals surface area contributed by atoms with E-state index in [0.29, 0.717) is 5.56 Å². The van der Waals surface area contributed by atoms with Gasteiger partial charge in [0.25, 0.3) is 0 Å². The maximum Gasteiger partial charge on any atom is 0.222 e. The SMILES string of the molecule is Cc1c(-c2ccnc(Cl)n2)n(C)c2c(C#N)cccc12. The first-order valence-electron chi connectivity index (χ1n) is 6.10. The average molecular weight is 283 g/mol. The number of para-hydroxylation sites is 1. The van der Waals surface area contributed by atoms with Crippen molar-refractivity contribution in [2.45, 2.75) is 6.92 Å². The third-order valence-electron chi connectivity index (χ3n) is 3.46. The number of hydrogen-bond donors (Lipinski definition) is 0. The normalized spacial score (nSPS) is 10.7. The van der Waals surface area contributed by atoms with Crippen LogP contribution in [0.15, 0.2) is 30.5 Å². The first kappa shape index (κ1) is 12.6. The van der Waals surface area contributed by atoms with Crippen LogP contribution in [-0.2, 0) is 7.05 Å². The molecule has 0 unspecified atom stereocenters. The second-order valence-electron chi connectivity index (χ2n) is 4.56. The molecule has 2 aromatic heterocycles. The van der Waals surface area contributed by atoms with E-state index in [-0.39, 0.29) is 5.28 Å². The summed E-state index contributed by atoms with van der Waals surface area (Å²) in [5, 5.41) is 10.5. The predicted octanol–water partition coefficient (Wildman–Crippen LogP) is 3.47. The van der Waals surface area contributed by atoms with Crippen molar-refractivity contribution in [1.29, 1.82) is 5.26 Å². The van der Waals surface area contributed by atoms with Gasteiger partial charge in [0.15, 0.2) is 0 Å². The number of fused-ring (bicyclic) bond motifs is 1. The van der Waals surface area contributed by atoms with Crippen molar-refractivity contribution in [3.05, 3.63) is 46.9 Å². The number of halogens is 1. The fourth-order valence-electron chi connectivity index (χ4n) is 2.62. The summed E-state index contributed by atoms with van der Waals surface area (Å²) in [5.74, 6) is 0. The first-order chi connectivity index (χ1) is 9.63. The molecule has 1 aromatic carbocycles. The van der Waals surface area contributed by atoms with Gasteiger partial charge in [-0.3, -0.25) is 0 Å². The highest BCUT2D eigenvalue weighted by molar-refractivity contribution is 6.28. The minimum absolute atomic E-state index is 0.215. The van der Waals surface area contributed by atoms with E-state index in [4.69, 9.17) is 11.6 Å². The van der Waals surface area contributed by atoms with Crippen molar-refractivity contribution in [3.63, 3.8) is 0 Å². The molecular formula is C15H11ClN4. The van der Waals surface area contributed by atoms with Crippen LogP contribution >= 0.6 is 11.6 Å². The van der Waals surface area contributed by atoms with Gasteiger partial charge in [0, 0.05) is 18.6 Å². The Balaban J connectivity index is 2.41. The highest BCUT2D eigenvalue weighted by atomic mass is 35.5. The van der Waals surface area contributed by atoms with Crippen molar-refractivity contribution in [3.8, 4) is 17.5 Å². The van der Waals surface area contributed by atoms with E-state index in [0.717, 1.165) is 27.9 Å². The Morgan fingerprint density at radius 2 is 2.10 bits per heavy atom. The smallest absolute Gasteiger partial charge is 0.222 e. The number of aryl methyl sites for hydroxylation is 2. The fraction of sp³-hybridized carbons (Fsp3) is 0.133. The molecule has 0 fully saturated rings. The van der Waals surface area contributed by atoms with Gasteiger partial charge in [0.1, 0.15) is 6.07 Å². The van der Waals surface area contributed by atoms with Gasteiger partial charge in [-0.1, -0.05) is 12.1 Å². The van der Waals surface area contributed by atoms with E-state index in [2.05, 4.69) is 16.0 Å². The second kappa shape index (κ2) is 4.62. The lowest BCUT2D eigenvalue weighted by Crippen LogP contribution is -1.96. The van der Waals surface area contributed by atoms with Crippen molar-refractivity contribution in [2.24, 2.45) is 7.05 Å². The van der Waals surface area contributed by atoms with E-state index >= 15 is 0 Å². The Labute approximate surface area is 121 Å². The molecule has 4 nitrogen and oxygen atoms in total. The topological polar surface area (TPSA) is 54.5 Å². The van der Waals surface area contributed by atoms with Gasteiger partial charge in [-0.2, -0.15) is 5.26 Å². The average Bonchev–Trinajstić information content (AvgIpc) is 2.71. The lowest BCUT2D eigenvalue weighted by Gasteiger charge is -2.05. The quantitative estimate of drug-likeness (QED) is 0.642. The van der Waals surface area contributed by atoms with Crippen LogP contribution < -0.4 is 0 Å². The molecule has 0 N–H and O–H groups in total. The zero-order valence-corrected chi connectivity index (χ0v) is 11.8. The van der Waals surface area contributed by atoms with E-state index < -0.39 is 0 Å². The van der Waals surface area contributed by atoms with Crippen molar-refractivity contribution in [2.75, 3.05) is 0 Å². The molecule has 5 heteroatoms. The number of hydrogen-bond acceptors (Lipinski definition) is 3. The van der Waals surface area contributed by atoms with Crippen LogP contribution in [0.5, 0.6) is 0 Å². The summed E-state index contributed by atoms with van der Waals surface area (Å²) in [7, 11) is 1.93. The Bertz CT molecular complexity index is 858. The number of nitrogens with zero attached hydrogens (tertiary/aromatic N) is 4. The van der Waals surface area contributed by atoms with Crippen LogP contribution in [0.25, 0.3) is 22.3 Å². The van der Waals surface area contributed by atoms with E-state index in [1.54, 1.807) is 6.20 Å². The van der Waals surface area contributed by atoms with Gasteiger partial charge in [-0.25, -0.2) is 9.97 Å². The number of benzene rings is 1. The van der Waals surface area contributed by atoms with E-state index in [9.17, 15) is 5.26 Å². The van der Waals surface area contributed by atoms with Crippen LogP contribution in [0.4, 0.5) is 0 Å². The van der Waals surface area contributed by atoms with Gasteiger partial charge in [-0.15, -0.1) is 0 Å².